The van der Waals surface area contributed by atoms with Crippen molar-refractivity contribution in [3.05, 3.63) is 16.4 Å². The maximum absolute atomic E-state index is 6.24. The van der Waals surface area contributed by atoms with E-state index in [4.69, 9.17) is 11.6 Å². The molecule has 0 amide bonds. The molecular formula is C14H22BrClN2. The Kier molecular flexibility index (Phi) is 4.76. The van der Waals surface area contributed by atoms with E-state index in [9.17, 15) is 0 Å². The Bertz CT molecular complexity index is 406. The van der Waals surface area contributed by atoms with Crippen molar-refractivity contribution in [2.45, 2.75) is 58.9 Å². The normalized spacial score (nSPS) is 19.8. The molecule has 1 heterocycles. The monoisotopic (exact) mass is 332 g/mol. The van der Waals surface area contributed by atoms with Gasteiger partial charge in [0.25, 0.3) is 0 Å². The van der Waals surface area contributed by atoms with Crippen molar-refractivity contribution in [2.24, 2.45) is 5.41 Å². The van der Waals surface area contributed by atoms with Crippen molar-refractivity contribution in [3.63, 3.8) is 0 Å². The summed E-state index contributed by atoms with van der Waals surface area (Å²) >= 11 is 9.98. The Morgan fingerprint density at radius 2 is 1.83 bits per heavy atom. The van der Waals surface area contributed by atoms with Gasteiger partial charge in [0, 0.05) is 11.9 Å². The first-order valence-corrected chi connectivity index (χ1v) is 8.33. The van der Waals surface area contributed by atoms with Crippen LogP contribution in [0.2, 0.25) is 5.02 Å². The van der Waals surface area contributed by atoms with Crippen LogP contribution in [-0.4, -0.2) is 15.1 Å². The van der Waals surface area contributed by atoms with E-state index in [1.54, 1.807) is 0 Å². The van der Waals surface area contributed by atoms with Crippen LogP contribution in [0.1, 0.15) is 49.9 Å². The average molecular weight is 334 g/mol. The molecular weight excluding hydrogens is 312 g/mol. The van der Waals surface area contributed by atoms with E-state index in [0.717, 1.165) is 28.3 Å². The molecule has 102 valence electrons. The highest BCUT2D eigenvalue weighted by Gasteiger charge is 2.31. The predicted molar refractivity (Wildman–Crippen MR) is 80.6 cm³/mol. The van der Waals surface area contributed by atoms with E-state index in [0.29, 0.717) is 5.41 Å². The number of aryl methyl sites for hydroxylation is 1. The van der Waals surface area contributed by atoms with Gasteiger partial charge in [-0.2, -0.15) is 5.10 Å². The lowest BCUT2D eigenvalue weighted by Crippen LogP contribution is -2.29. The third-order valence-corrected chi connectivity index (χ3v) is 5.96. The molecule has 0 aromatic carbocycles. The van der Waals surface area contributed by atoms with Crippen LogP contribution in [0.5, 0.6) is 0 Å². The molecule has 0 saturated heterocycles. The second-order valence-electron chi connectivity index (χ2n) is 5.69. The fourth-order valence-electron chi connectivity index (χ4n) is 2.96. The largest absolute Gasteiger partial charge is 0.267 e. The topological polar surface area (TPSA) is 17.8 Å². The number of aromatic nitrogens is 2. The van der Waals surface area contributed by atoms with E-state index in [-0.39, 0.29) is 0 Å². The third kappa shape index (κ3) is 2.93. The molecule has 0 atom stereocenters. The number of nitrogens with zero attached hydrogens (tertiary/aromatic N) is 2. The standard InChI is InChI=1S/C14H22BrClN2/c1-11-13(16)12(2)18(17-11)10-14(9-15)7-5-3-4-6-8-14/h3-10H2,1-2H3. The fourth-order valence-corrected chi connectivity index (χ4v) is 3.83. The Morgan fingerprint density at radius 1 is 1.22 bits per heavy atom. The van der Waals surface area contributed by atoms with Gasteiger partial charge in [0.05, 0.1) is 16.4 Å². The average Bonchev–Trinajstić information content (AvgIpc) is 2.59. The van der Waals surface area contributed by atoms with E-state index < -0.39 is 0 Å². The van der Waals surface area contributed by atoms with Gasteiger partial charge in [0.15, 0.2) is 0 Å². The van der Waals surface area contributed by atoms with Crippen molar-refractivity contribution in [1.29, 1.82) is 0 Å². The van der Waals surface area contributed by atoms with Gasteiger partial charge in [-0.3, -0.25) is 4.68 Å². The summed E-state index contributed by atoms with van der Waals surface area (Å²) < 4.78 is 2.12. The smallest absolute Gasteiger partial charge is 0.0844 e. The van der Waals surface area contributed by atoms with Crippen molar-refractivity contribution < 1.29 is 0 Å². The quantitative estimate of drug-likeness (QED) is 0.569. The molecule has 1 aromatic rings. The van der Waals surface area contributed by atoms with Crippen LogP contribution < -0.4 is 0 Å². The van der Waals surface area contributed by atoms with Gasteiger partial charge in [-0.1, -0.05) is 53.2 Å². The summed E-state index contributed by atoms with van der Waals surface area (Å²) in [6.07, 6.45) is 8.05. The predicted octanol–water partition coefficient (Wildman–Crippen LogP) is 4.89. The number of hydrogen-bond acceptors (Lipinski definition) is 1. The van der Waals surface area contributed by atoms with Crippen LogP contribution in [0.15, 0.2) is 0 Å². The highest BCUT2D eigenvalue weighted by Crippen LogP contribution is 2.38. The highest BCUT2D eigenvalue weighted by atomic mass is 79.9. The van der Waals surface area contributed by atoms with Gasteiger partial charge < -0.3 is 0 Å². The minimum atomic E-state index is 0.364. The van der Waals surface area contributed by atoms with Crippen molar-refractivity contribution in [1.82, 2.24) is 9.78 Å². The maximum atomic E-state index is 6.24. The lowest BCUT2D eigenvalue weighted by Gasteiger charge is -2.31. The minimum Gasteiger partial charge on any atom is -0.267 e. The zero-order chi connectivity index (χ0) is 13.2. The van der Waals surface area contributed by atoms with Gasteiger partial charge in [0.1, 0.15) is 0 Å². The first-order chi connectivity index (χ1) is 8.58. The van der Waals surface area contributed by atoms with E-state index >= 15 is 0 Å². The number of hydrogen-bond donors (Lipinski definition) is 0. The van der Waals surface area contributed by atoms with Gasteiger partial charge in [0.2, 0.25) is 0 Å². The molecule has 2 nitrogen and oxygen atoms in total. The number of rotatable bonds is 3. The Hall–Kier alpha value is -0.0200. The first kappa shape index (κ1) is 14.4. The van der Waals surface area contributed by atoms with E-state index in [1.165, 1.54) is 38.5 Å². The molecule has 1 aliphatic carbocycles. The molecule has 1 saturated carbocycles. The lowest BCUT2D eigenvalue weighted by molar-refractivity contribution is 0.229. The highest BCUT2D eigenvalue weighted by molar-refractivity contribution is 9.09. The summed E-state index contributed by atoms with van der Waals surface area (Å²) in [5.41, 5.74) is 2.43. The lowest BCUT2D eigenvalue weighted by atomic mass is 9.82. The second-order valence-corrected chi connectivity index (χ2v) is 6.63. The Balaban J connectivity index is 2.20. The molecule has 0 radical (unpaired) electrons. The van der Waals surface area contributed by atoms with Crippen LogP contribution in [0, 0.1) is 19.3 Å². The molecule has 0 unspecified atom stereocenters. The fraction of sp³-hybridized carbons (Fsp3) is 0.786. The maximum Gasteiger partial charge on any atom is 0.0844 e. The van der Waals surface area contributed by atoms with Crippen molar-refractivity contribution >= 4 is 27.5 Å². The summed E-state index contributed by atoms with van der Waals surface area (Å²) in [5.74, 6) is 0. The van der Waals surface area contributed by atoms with Crippen molar-refractivity contribution in [2.75, 3.05) is 5.33 Å². The number of alkyl halides is 1. The molecule has 1 aliphatic rings. The molecule has 2 rings (SSSR count). The summed E-state index contributed by atoms with van der Waals surface area (Å²) in [7, 11) is 0. The molecule has 0 aliphatic heterocycles. The van der Waals surface area contributed by atoms with Crippen LogP contribution in [0.3, 0.4) is 0 Å². The van der Waals surface area contributed by atoms with Crippen LogP contribution >= 0.6 is 27.5 Å². The summed E-state index contributed by atoms with van der Waals surface area (Å²) in [6, 6.07) is 0. The Morgan fingerprint density at radius 3 is 2.28 bits per heavy atom. The summed E-state index contributed by atoms with van der Waals surface area (Å²) in [5, 5.41) is 6.48. The minimum absolute atomic E-state index is 0.364. The van der Waals surface area contributed by atoms with Crippen molar-refractivity contribution in [3.8, 4) is 0 Å². The van der Waals surface area contributed by atoms with E-state index in [1.807, 2.05) is 6.92 Å². The zero-order valence-corrected chi connectivity index (χ0v) is 13.6. The molecule has 18 heavy (non-hydrogen) atoms. The number of halogens is 2. The van der Waals surface area contributed by atoms with Crippen LogP contribution in [0.25, 0.3) is 0 Å². The molecule has 1 fully saturated rings. The second kappa shape index (κ2) is 5.96. The van der Waals surface area contributed by atoms with E-state index in [2.05, 4.69) is 32.6 Å². The molecule has 1 aromatic heterocycles. The molecule has 0 spiro atoms. The SMILES string of the molecule is Cc1nn(CC2(CBr)CCCCCC2)c(C)c1Cl. The van der Waals surface area contributed by atoms with Gasteiger partial charge in [-0.25, -0.2) is 0 Å². The van der Waals surface area contributed by atoms with Gasteiger partial charge >= 0.3 is 0 Å². The first-order valence-electron chi connectivity index (χ1n) is 6.83. The van der Waals surface area contributed by atoms with Crippen LogP contribution in [-0.2, 0) is 6.54 Å². The third-order valence-electron chi connectivity index (χ3n) is 4.23. The molecule has 0 N–H and O–H groups in total. The van der Waals surface area contributed by atoms with Gasteiger partial charge in [-0.15, -0.1) is 0 Å². The summed E-state index contributed by atoms with van der Waals surface area (Å²) in [4.78, 5) is 0. The van der Waals surface area contributed by atoms with Crippen LogP contribution in [0.4, 0.5) is 0 Å². The van der Waals surface area contributed by atoms with Gasteiger partial charge in [-0.05, 0) is 32.1 Å². The Labute approximate surface area is 123 Å². The summed E-state index contributed by atoms with van der Waals surface area (Å²) in [6.45, 7) is 5.05. The molecule has 4 heteroatoms. The zero-order valence-electron chi connectivity index (χ0n) is 11.3. The molecule has 0 bridgehead atoms.